The van der Waals surface area contributed by atoms with Crippen LogP contribution in [0.1, 0.15) is 47.5 Å². The third-order valence-electron chi connectivity index (χ3n) is 6.05. The molecular weight excluding hydrogens is 471 g/mol. The molecule has 0 aliphatic carbocycles. The zero-order valence-electron chi connectivity index (χ0n) is 18.0. The highest BCUT2D eigenvalue weighted by Gasteiger charge is 2.36. The molecule has 0 saturated carbocycles. The van der Waals surface area contributed by atoms with E-state index in [1.165, 1.54) is 18.5 Å². The number of nitrogens with zero attached hydrogens (tertiary/aromatic N) is 5. The van der Waals surface area contributed by atoms with Gasteiger partial charge in [0.05, 0.1) is 35.1 Å². The predicted molar refractivity (Wildman–Crippen MR) is 118 cm³/mol. The number of rotatable bonds is 3. The van der Waals surface area contributed by atoms with Crippen LogP contribution in [0.4, 0.5) is 13.2 Å². The number of hydrogen-bond acceptors (Lipinski definition) is 5. The molecule has 1 saturated heterocycles. The lowest BCUT2D eigenvalue weighted by atomic mass is 9.92. The highest BCUT2D eigenvalue weighted by Crippen LogP contribution is 2.35. The minimum atomic E-state index is -4.60. The number of carbonyl (C=O) groups excluding carboxylic acids is 1. The van der Waals surface area contributed by atoms with Crippen LogP contribution in [-0.4, -0.2) is 43.4 Å². The number of likely N-dealkylation sites (tertiary alicyclic amines) is 1. The summed E-state index contributed by atoms with van der Waals surface area (Å²) in [6, 6.07) is 7.94. The van der Waals surface area contributed by atoms with Crippen molar-refractivity contribution in [2.75, 3.05) is 6.54 Å². The van der Waals surface area contributed by atoms with Crippen molar-refractivity contribution in [2.45, 2.75) is 37.9 Å². The molecule has 5 rings (SSSR count). The first-order valence-corrected chi connectivity index (χ1v) is 11.0. The summed E-state index contributed by atoms with van der Waals surface area (Å²) in [6.45, 7) is 2.13. The van der Waals surface area contributed by atoms with Gasteiger partial charge < -0.3 is 9.32 Å². The molecule has 0 unspecified atom stereocenters. The van der Waals surface area contributed by atoms with Gasteiger partial charge in [0.25, 0.3) is 5.91 Å². The Labute approximate surface area is 197 Å². The van der Waals surface area contributed by atoms with Gasteiger partial charge in [-0.25, -0.2) is 4.98 Å². The number of aromatic nitrogens is 4. The van der Waals surface area contributed by atoms with Gasteiger partial charge in [-0.1, -0.05) is 11.6 Å². The number of fused-ring (bicyclic) bond motifs is 1. The molecule has 4 aromatic rings. The van der Waals surface area contributed by atoms with Crippen LogP contribution >= 0.6 is 11.6 Å². The maximum atomic E-state index is 13.6. The Morgan fingerprint density at radius 2 is 1.88 bits per heavy atom. The molecule has 1 aliphatic rings. The van der Waals surface area contributed by atoms with Gasteiger partial charge in [-0.2, -0.15) is 28.2 Å². The quantitative estimate of drug-likeness (QED) is 0.380. The number of alkyl halides is 3. The Morgan fingerprint density at radius 1 is 1.12 bits per heavy atom. The van der Waals surface area contributed by atoms with E-state index in [1.807, 2.05) is 6.92 Å². The van der Waals surface area contributed by atoms with Crippen molar-refractivity contribution in [1.82, 2.24) is 24.9 Å². The summed E-state index contributed by atoms with van der Waals surface area (Å²) in [7, 11) is 0. The van der Waals surface area contributed by atoms with Gasteiger partial charge in [-0.3, -0.25) is 4.79 Å². The van der Waals surface area contributed by atoms with Gasteiger partial charge in [0.1, 0.15) is 5.52 Å². The molecule has 2 atom stereocenters. The summed E-state index contributed by atoms with van der Waals surface area (Å²) in [5, 5.41) is 8.53. The van der Waals surface area contributed by atoms with Crippen LogP contribution in [0, 0.1) is 0 Å². The third-order valence-corrected chi connectivity index (χ3v) is 6.28. The van der Waals surface area contributed by atoms with Gasteiger partial charge in [0, 0.05) is 17.6 Å². The first-order valence-electron chi connectivity index (χ1n) is 10.7. The van der Waals surface area contributed by atoms with Crippen LogP contribution in [0.5, 0.6) is 0 Å². The van der Waals surface area contributed by atoms with E-state index >= 15 is 0 Å². The van der Waals surface area contributed by atoms with E-state index in [9.17, 15) is 18.0 Å². The average Bonchev–Trinajstić information content (AvgIpc) is 3.48. The number of halogens is 4. The maximum absolute atomic E-state index is 13.6. The number of amides is 1. The van der Waals surface area contributed by atoms with Crippen LogP contribution in [0.25, 0.3) is 16.8 Å². The second kappa shape index (κ2) is 8.43. The molecule has 1 amide bonds. The fourth-order valence-electron chi connectivity index (χ4n) is 4.24. The number of piperidine rings is 1. The van der Waals surface area contributed by atoms with Gasteiger partial charge in [-0.15, -0.1) is 0 Å². The van der Waals surface area contributed by atoms with E-state index in [1.54, 1.807) is 23.1 Å². The Bertz CT molecular complexity index is 1350. The molecule has 0 spiro atoms. The number of benzene rings is 2. The van der Waals surface area contributed by atoms with Gasteiger partial charge in [-0.05, 0) is 56.2 Å². The van der Waals surface area contributed by atoms with E-state index in [-0.39, 0.29) is 29.8 Å². The van der Waals surface area contributed by atoms with Crippen LogP contribution in [0.15, 0.2) is 53.2 Å². The lowest BCUT2D eigenvalue weighted by Crippen LogP contribution is -2.45. The standard InChI is InChI=1S/C23H19ClF3N5O2/c1-13-2-3-14(21-30-18-11-16(24)5-7-20(18)34-21)12-31(13)22(33)17-10-15(23(25,26)27)4-6-19(17)32-28-8-9-29-32/h4-11,13-14H,2-3,12H2,1H3/t13-,14-/m1/s1. The fraction of sp³-hybridized carbons (Fsp3) is 0.304. The Kier molecular flexibility index (Phi) is 5.55. The normalized spacial score (nSPS) is 19.0. The van der Waals surface area contributed by atoms with Crippen molar-refractivity contribution in [3.8, 4) is 5.69 Å². The molecule has 1 aliphatic heterocycles. The summed E-state index contributed by atoms with van der Waals surface area (Å²) >= 11 is 6.04. The average molecular weight is 490 g/mol. The molecule has 0 bridgehead atoms. The second-order valence-electron chi connectivity index (χ2n) is 8.29. The highest BCUT2D eigenvalue weighted by molar-refractivity contribution is 6.31. The molecule has 0 N–H and O–H groups in total. The number of hydrogen-bond donors (Lipinski definition) is 0. The summed E-state index contributed by atoms with van der Waals surface area (Å²) in [5.74, 6) is -0.266. The fourth-order valence-corrected chi connectivity index (χ4v) is 4.40. The van der Waals surface area contributed by atoms with Crippen molar-refractivity contribution in [3.05, 3.63) is 70.8 Å². The second-order valence-corrected chi connectivity index (χ2v) is 8.73. The van der Waals surface area contributed by atoms with Crippen LogP contribution in [0.2, 0.25) is 5.02 Å². The van der Waals surface area contributed by atoms with Crippen LogP contribution in [0.3, 0.4) is 0 Å². The lowest BCUT2D eigenvalue weighted by Gasteiger charge is -2.37. The van der Waals surface area contributed by atoms with E-state index in [0.29, 0.717) is 28.4 Å². The third kappa shape index (κ3) is 4.13. The smallest absolute Gasteiger partial charge is 0.416 e. The molecule has 2 aromatic heterocycles. The number of oxazole rings is 1. The molecule has 34 heavy (non-hydrogen) atoms. The van der Waals surface area contributed by atoms with Crippen LogP contribution in [-0.2, 0) is 6.18 Å². The first-order chi connectivity index (χ1) is 16.2. The molecule has 0 radical (unpaired) electrons. The topological polar surface area (TPSA) is 77.0 Å². The SMILES string of the molecule is C[C@@H]1CC[C@@H](c2nc3cc(Cl)ccc3o2)CN1C(=O)c1cc(C(F)(F)F)ccc1-n1nccn1. The van der Waals surface area contributed by atoms with Crippen LogP contribution < -0.4 is 0 Å². The molecule has 1 fully saturated rings. The molecule has 176 valence electrons. The minimum absolute atomic E-state index is 0.122. The summed E-state index contributed by atoms with van der Waals surface area (Å²) in [5.41, 5.74) is 0.338. The van der Waals surface area contributed by atoms with Crippen molar-refractivity contribution < 1.29 is 22.4 Å². The van der Waals surface area contributed by atoms with Crippen molar-refractivity contribution in [2.24, 2.45) is 0 Å². The predicted octanol–water partition coefficient (Wildman–Crippen LogP) is 5.49. The Balaban J connectivity index is 1.50. The zero-order chi connectivity index (χ0) is 24.0. The van der Waals surface area contributed by atoms with Crippen molar-refractivity contribution >= 4 is 28.6 Å². The molecule has 7 nitrogen and oxygen atoms in total. The Morgan fingerprint density at radius 3 is 2.62 bits per heavy atom. The minimum Gasteiger partial charge on any atom is -0.440 e. The summed E-state index contributed by atoms with van der Waals surface area (Å²) in [4.78, 5) is 20.9. The molecule has 11 heteroatoms. The maximum Gasteiger partial charge on any atom is 0.416 e. The summed E-state index contributed by atoms with van der Waals surface area (Å²) < 4.78 is 46.2. The van der Waals surface area contributed by atoms with Gasteiger partial charge >= 0.3 is 6.18 Å². The number of carbonyl (C=O) groups is 1. The largest absolute Gasteiger partial charge is 0.440 e. The summed E-state index contributed by atoms with van der Waals surface area (Å²) in [6.07, 6.45) is -0.442. The van der Waals surface area contributed by atoms with E-state index < -0.39 is 17.6 Å². The van der Waals surface area contributed by atoms with Gasteiger partial charge in [0.15, 0.2) is 11.5 Å². The van der Waals surface area contributed by atoms with E-state index in [0.717, 1.165) is 23.4 Å². The van der Waals surface area contributed by atoms with Crippen molar-refractivity contribution in [1.29, 1.82) is 0 Å². The van der Waals surface area contributed by atoms with E-state index in [2.05, 4.69) is 15.2 Å². The monoisotopic (exact) mass is 489 g/mol. The highest BCUT2D eigenvalue weighted by atomic mass is 35.5. The molecular formula is C23H19ClF3N5O2. The first kappa shape index (κ1) is 22.4. The van der Waals surface area contributed by atoms with Crippen molar-refractivity contribution in [3.63, 3.8) is 0 Å². The van der Waals surface area contributed by atoms with Gasteiger partial charge in [0.2, 0.25) is 0 Å². The molecule has 3 heterocycles. The van der Waals surface area contributed by atoms with E-state index in [4.69, 9.17) is 16.0 Å². The molecule has 2 aromatic carbocycles. The lowest BCUT2D eigenvalue weighted by molar-refractivity contribution is -0.137. The zero-order valence-corrected chi connectivity index (χ0v) is 18.7. The Hall–Kier alpha value is -3.40.